The molecule has 0 aliphatic carbocycles. The largest absolute Gasteiger partial charge is 0.457 e. The molecule has 0 bridgehead atoms. The maximum absolute atomic E-state index is 12.1. The van der Waals surface area contributed by atoms with Crippen molar-refractivity contribution in [2.45, 2.75) is 19.4 Å². The number of rotatable bonds is 5. The van der Waals surface area contributed by atoms with E-state index in [2.05, 4.69) is 5.32 Å². The topological polar surface area (TPSA) is 96.3 Å². The standard InChI is InChI=1S/C20H16N2O4/c21-11-14-2-1-3-15(8-14)12-26-20(25)16-6-4-13(5-7-16)9-17-10-18(23)22-19(17)24/h1-8,17H,9-10,12H2,(H,22,23,24)/t17-/m0/s1. The Labute approximate surface area is 150 Å². The minimum absolute atomic E-state index is 0.0838. The Hall–Kier alpha value is -3.46. The maximum atomic E-state index is 12.1. The van der Waals surface area contributed by atoms with Gasteiger partial charge >= 0.3 is 5.97 Å². The fourth-order valence-corrected chi connectivity index (χ4v) is 2.80. The van der Waals surface area contributed by atoms with Crippen molar-refractivity contribution in [3.63, 3.8) is 0 Å². The highest BCUT2D eigenvalue weighted by molar-refractivity contribution is 6.03. The molecule has 1 aliphatic rings. The second-order valence-electron chi connectivity index (χ2n) is 6.10. The molecule has 2 aromatic rings. The molecule has 0 radical (unpaired) electrons. The van der Waals surface area contributed by atoms with E-state index < -0.39 is 5.97 Å². The van der Waals surface area contributed by atoms with Crippen LogP contribution in [-0.2, 0) is 27.4 Å². The van der Waals surface area contributed by atoms with Gasteiger partial charge in [0.1, 0.15) is 6.61 Å². The Morgan fingerprint density at radius 3 is 2.58 bits per heavy atom. The van der Waals surface area contributed by atoms with Gasteiger partial charge in [0, 0.05) is 6.42 Å². The second-order valence-corrected chi connectivity index (χ2v) is 6.10. The zero-order chi connectivity index (χ0) is 18.5. The summed E-state index contributed by atoms with van der Waals surface area (Å²) in [5.41, 5.74) is 2.53. The number of hydrogen-bond donors (Lipinski definition) is 1. The third-order valence-electron chi connectivity index (χ3n) is 4.16. The van der Waals surface area contributed by atoms with E-state index in [0.717, 1.165) is 11.1 Å². The molecule has 26 heavy (non-hydrogen) atoms. The Morgan fingerprint density at radius 1 is 1.15 bits per heavy atom. The molecule has 6 heteroatoms. The minimum atomic E-state index is -0.465. The number of nitrogens with one attached hydrogen (secondary N) is 1. The Kier molecular flexibility index (Phi) is 5.09. The van der Waals surface area contributed by atoms with Crippen LogP contribution in [-0.4, -0.2) is 17.8 Å². The lowest BCUT2D eigenvalue weighted by atomic mass is 9.97. The zero-order valence-corrected chi connectivity index (χ0v) is 13.9. The maximum Gasteiger partial charge on any atom is 0.338 e. The number of ether oxygens (including phenoxy) is 1. The number of benzene rings is 2. The van der Waals surface area contributed by atoms with Crippen molar-refractivity contribution in [1.29, 1.82) is 5.26 Å². The molecule has 1 saturated heterocycles. The monoisotopic (exact) mass is 348 g/mol. The first-order chi connectivity index (χ1) is 12.5. The van der Waals surface area contributed by atoms with Crippen LogP contribution < -0.4 is 5.32 Å². The normalized spacial score (nSPS) is 16.0. The lowest BCUT2D eigenvalue weighted by Crippen LogP contribution is -2.22. The van der Waals surface area contributed by atoms with Crippen LogP contribution in [0.15, 0.2) is 48.5 Å². The van der Waals surface area contributed by atoms with Crippen LogP contribution in [0.25, 0.3) is 0 Å². The molecule has 3 rings (SSSR count). The molecule has 1 atom stereocenters. The summed E-state index contributed by atoms with van der Waals surface area (Å²) in [5.74, 6) is -1.32. The molecule has 0 saturated carbocycles. The molecule has 6 nitrogen and oxygen atoms in total. The van der Waals surface area contributed by atoms with Crippen molar-refractivity contribution < 1.29 is 19.1 Å². The highest BCUT2D eigenvalue weighted by Gasteiger charge is 2.30. The number of nitriles is 1. The SMILES string of the molecule is N#Cc1cccc(COC(=O)c2ccc(C[C@H]3CC(=O)NC3=O)cc2)c1. The van der Waals surface area contributed by atoms with Gasteiger partial charge in [0.15, 0.2) is 0 Å². The van der Waals surface area contributed by atoms with Crippen molar-refractivity contribution in [3.8, 4) is 6.07 Å². The molecule has 2 amide bonds. The molecule has 2 aromatic carbocycles. The van der Waals surface area contributed by atoms with Crippen molar-refractivity contribution in [2.24, 2.45) is 5.92 Å². The van der Waals surface area contributed by atoms with Gasteiger partial charge in [-0.25, -0.2) is 4.79 Å². The van der Waals surface area contributed by atoms with Crippen molar-refractivity contribution >= 4 is 17.8 Å². The third kappa shape index (κ3) is 4.14. The number of amides is 2. The number of carbonyl (C=O) groups is 3. The smallest absolute Gasteiger partial charge is 0.338 e. The summed E-state index contributed by atoms with van der Waals surface area (Å²) in [7, 11) is 0. The van der Waals surface area contributed by atoms with Crippen LogP contribution in [0.4, 0.5) is 0 Å². The second kappa shape index (κ2) is 7.62. The van der Waals surface area contributed by atoms with Gasteiger partial charge < -0.3 is 4.74 Å². The van der Waals surface area contributed by atoms with Gasteiger partial charge in [-0.15, -0.1) is 0 Å². The van der Waals surface area contributed by atoms with E-state index in [0.29, 0.717) is 17.5 Å². The van der Waals surface area contributed by atoms with E-state index in [1.165, 1.54) is 0 Å². The third-order valence-corrected chi connectivity index (χ3v) is 4.16. The van der Waals surface area contributed by atoms with Crippen molar-refractivity contribution in [1.82, 2.24) is 5.32 Å². The highest BCUT2D eigenvalue weighted by Crippen LogP contribution is 2.18. The average molecular weight is 348 g/mol. The van der Waals surface area contributed by atoms with E-state index in [4.69, 9.17) is 10.00 Å². The molecule has 130 valence electrons. The van der Waals surface area contributed by atoms with Crippen LogP contribution in [0, 0.1) is 17.2 Å². The molecular weight excluding hydrogens is 332 g/mol. The first kappa shape index (κ1) is 17.4. The summed E-state index contributed by atoms with van der Waals surface area (Å²) in [6.45, 7) is 0.0838. The molecule has 1 heterocycles. The Balaban J connectivity index is 1.57. The highest BCUT2D eigenvalue weighted by atomic mass is 16.5. The van der Waals surface area contributed by atoms with Gasteiger partial charge in [0.2, 0.25) is 11.8 Å². The fourth-order valence-electron chi connectivity index (χ4n) is 2.80. The minimum Gasteiger partial charge on any atom is -0.457 e. The quantitative estimate of drug-likeness (QED) is 0.659. The Bertz CT molecular complexity index is 897. The molecular formula is C20H16N2O4. The first-order valence-electron chi connectivity index (χ1n) is 8.14. The predicted molar refractivity (Wildman–Crippen MR) is 91.7 cm³/mol. The lowest BCUT2D eigenvalue weighted by molar-refractivity contribution is -0.125. The molecule has 1 aliphatic heterocycles. The lowest BCUT2D eigenvalue weighted by Gasteiger charge is -2.08. The van der Waals surface area contributed by atoms with E-state index in [-0.39, 0.29) is 30.8 Å². The number of carbonyl (C=O) groups excluding carboxylic acids is 3. The van der Waals surface area contributed by atoms with E-state index in [9.17, 15) is 14.4 Å². The summed E-state index contributed by atoms with van der Waals surface area (Å²) >= 11 is 0. The van der Waals surface area contributed by atoms with Crippen molar-refractivity contribution in [3.05, 3.63) is 70.8 Å². The number of imide groups is 1. The van der Waals surface area contributed by atoms with Gasteiger partial charge in [-0.05, 0) is 41.8 Å². The molecule has 1 N–H and O–H groups in total. The molecule has 0 unspecified atom stereocenters. The summed E-state index contributed by atoms with van der Waals surface area (Å²) < 4.78 is 5.26. The summed E-state index contributed by atoms with van der Waals surface area (Å²) in [4.78, 5) is 34.9. The van der Waals surface area contributed by atoms with Crippen LogP contribution in [0.1, 0.15) is 33.5 Å². The summed E-state index contributed by atoms with van der Waals surface area (Å²) in [6.07, 6.45) is 0.651. The van der Waals surface area contributed by atoms with Gasteiger partial charge in [0.25, 0.3) is 0 Å². The van der Waals surface area contributed by atoms with Crippen LogP contribution in [0.5, 0.6) is 0 Å². The van der Waals surface area contributed by atoms with Crippen LogP contribution >= 0.6 is 0 Å². The fraction of sp³-hybridized carbons (Fsp3) is 0.200. The molecule has 0 spiro atoms. The molecule has 1 fully saturated rings. The number of esters is 1. The van der Waals surface area contributed by atoms with Crippen molar-refractivity contribution in [2.75, 3.05) is 0 Å². The summed E-state index contributed by atoms with van der Waals surface area (Å²) in [6, 6.07) is 15.7. The van der Waals surface area contributed by atoms with E-state index in [1.807, 2.05) is 6.07 Å². The number of hydrogen-bond acceptors (Lipinski definition) is 5. The predicted octanol–water partition coefficient (Wildman–Crippen LogP) is 2.12. The average Bonchev–Trinajstić information content (AvgIpc) is 2.97. The molecule has 0 aromatic heterocycles. The Morgan fingerprint density at radius 2 is 1.92 bits per heavy atom. The first-order valence-corrected chi connectivity index (χ1v) is 8.14. The summed E-state index contributed by atoms with van der Waals surface area (Å²) in [5, 5.41) is 11.2. The van der Waals surface area contributed by atoms with Crippen LogP contribution in [0.2, 0.25) is 0 Å². The van der Waals surface area contributed by atoms with Gasteiger partial charge in [-0.3, -0.25) is 14.9 Å². The zero-order valence-electron chi connectivity index (χ0n) is 13.9. The number of nitrogens with zero attached hydrogens (tertiary/aromatic N) is 1. The van der Waals surface area contributed by atoms with Gasteiger partial charge in [-0.2, -0.15) is 5.26 Å². The van der Waals surface area contributed by atoms with Gasteiger partial charge in [-0.1, -0.05) is 24.3 Å². The van der Waals surface area contributed by atoms with Crippen LogP contribution in [0.3, 0.4) is 0 Å². The van der Waals surface area contributed by atoms with E-state index in [1.54, 1.807) is 48.5 Å². The van der Waals surface area contributed by atoms with E-state index >= 15 is 0 Å². The van der Waals surface area contributed by atoms with Gasteiger partial charge in [0.05, 0.1) is 23.1 Å².